The minimum absolute atomic E-state index is 0.0995. The molecular formula is C18H27NO2. The third kappa shape index (κ3) is 3.47. The molecule has 0 amide bonds. The normalized spacial score (nSPS) is 33.8. The molecule has 2 fully saturated rings. The average molecular weight is 289 g/mol. The highest BCUT2D eigenvalue weighted by atomic mass is 16.5. The van der Waals surface area contributed by atoms with Crippen LogP contribution in [-0.4, -0.2) is 47.4 Å². The van der Waals surface area contributed by atoms with Crippen molar-refractivity contribution in [3.8, 4) is 0 Å². The van der Waals surface area contributed by atoms with Gasteiger partial charge in [0.15, 0.2) is 0 Å². The molecule has 0 aromatic heterocycles. The molecule has 3 atom stereocenters. The summed E-state index contributed by atoms with van der Waals surface area (Å²) in [4.78, 5) is 2.45. The van der Waals surface area contributed by atoms with E-state index < -0.39 is 0 Å². The number of hydrogen-bond donors (Lipinski definition) is 1. The third-order valence-corrected chi connectivity index (χ3v) is 4.98. The molecular weight excluding hydrogens is 262 g/mol. The van der Waals surface area contributed by atoms with Crippen molar-refractivity contribution in [2.75, 3.05) is 19.7 Å². The van der Waals surface area contributed by atoms with Crippen LogP contribution in [0.5, 0.6) is 0 Å². The Hall–Kier alpha value is -0.900. The molecule has 3 nitrogen and oxygen atoms in total. The number of hydrogen-bond acceptors (Lipinski definition) is 3. The van der Waals surface area contributed by atoms with Crippen molar-refractivity contribution in [1.82, 2.24) is 4.90 Å². The van der Waals surface area contributed by atoms with Gasteiger partial charge in [-0.1, -0.05) is 30.3 Å². The quantitative estimate of drug-likeness (QED) is 0.909. The number of benzene rings is 1. The van der Waals surface area contributed by atoms with Crippen LogP contribution in [0.4, 0.5) is 0 Å². The summed E-state index contributed by atoms with van der Waals surface area (Å²) < 4.78 is 5.81. The van der Waals surface area contributed by atoms with E-state index in [2.05, 4.69) is 49.1 Å². The first-order valence-corrected chi connectivity index (χ1v) is 8.16. The van der Waals surface area contributed by atoms with Crippen LogP contribution in [0.3, 0.4) is 0 Å². The van der Waals surface area contributed by atoms with Gasteiger partial charge in [0.25, 0.3) is 0 Å². The third-order valence-electron chi connectivity index (χ3n) is 4.98. The monoisotopic (exact) mass is 289 g/mol. The van der Waals surface area contributed by atoms with Gasteiger partial charge in [0.1, 0.15) is 0 Å². The van der Waals surface area contributed by atoms with Crippen molar-refractivity contribution >= 4 is 0 Å². The van der Waals surface area contributed by atoms with Gasteiger partial charge < -0.3 is 9.84 Å². The van der Waals surface area contributed by atoms with E-state index in [-0.39, 0.29) is 17.7 Å². The lowest BCUT2D eigenvalue weighted by molar-refractivity contribution is -0.116. The second-order valence-electron chi connectivity index (χ2n) is 7.13. The van der Waals surface area contributed by atoms with Gasteiger partial charge in [0.05, 0.1) is 18.3 Å². The zero-order chi connectivity index (χ0) is 14.9. The SMILES string of the molecule is CC1(C)CN(C2CC(c3ccccc3)CCC2O)CCO1. The Morgan fingerprint density at radius 1 is 1.19 bits per heavy atom. The van der Waals surface area contributed by atoms with Crippen molar-refractivity contribution in [2.45, 2.75) is 56.8 Å². The molecule has 0 spiro atoms. The molecule has 1 aromatic carbocycles. The van der Waals surface area contributed by atoms with Crippen molar-refractivity contribution < 1.29 is 9.84 Å². The van der Waals surface area contributed by atoms with Gasteiger partial charge in [-0.3, -0.25) is 4.90 Å². The number of morpholine rings is 1. The number of aliphatic hydroxyl groups excluding tert-OH is 1. The van der Waals surface area contributed by atoms with E-state index in [1.807, 2.05) is 0 Å². The summed E-state index contributed by atoms with van der Waals surface area (Å²) in [6.07, 6.45) is 2.86. The van der Waals surface area contributed by atoms with E-state index in [9.17, 15) is 5.11 Å². The minimum Gasteiger partial charge on any atom is -0.391 e. The van der Waals surface area contributed by atoms with Crippen molar-refractivity contribution in [3.05, 3.63) is 35.9 Å². The van der Waals surface area contributed by atoms with E-state index in [1.54, 1.807) is 0 Å². The van der Waals surface area contributed by atoms with E-state index >= 15 is 0 Å². The highest BCUT2D eigenvalue weighted by Crippen LogP contribution is 2.36. The number of ether oxygens (including phenoxy) is 1. The lowest BCUT2D eigenvalue weighted by atomic mass is 9.79. The predicted molar refractivity (Wildman–Crippen MR) is 84.4 cm³/mol. The van der Waals surface area contributed by atoms with E-state index in [1.165, 1.54) is 5.56 Å². The summed E-state index contributed by atoms with van der Waals surface area (Å²) in [7, 11) is 0. The molecule has 0 radical (unpaired) electrons. The Labute approximate surface area is 127 Å². The van der Waals surface area contributed by atoms with E-state index in [0.29, 0.717) is 5.92 Å². The molecule has 3 heteroatoms. The topological polar surface area (TPSA) is 32.7 Å². The van der Waals surface area contributed by atoms with Crippen LogP contribution in [0, 0.1) is 0 Å². The van der Waals surface area contributed by atoms with Gasteiger partial charge in [-0.25, -0.2) is 0 Å². The van der Waals surface area contributed by atoms with Gasteiger partial charge in [-0.05, 0) is 44.6 Å². The first-order valence-electron chi connectivity index (χ1n) is 8.16. The minimum atomic E-state index is -0.195. The molecule has 1 heterocycles. The molecule has 0 bridgehead atoms. The molecule has 2 aliphatic rings. The first kappa shape index (κ1) is 15.0. The lowest BCUT2D eigenvalue weighted by Crippen LogP contribution is -2.56. The molecule has 1 saturated heterocycles. The highest BCUT2D eigenvalue weighted by Gasteiger charge is 2.38. The van der Waals surface area contributed by atoms with Gasteiger partial charge in [-0.15, -0.1) is 0 Å². The molecule has 116 valence electrons. The van der Waals surface area contributed by atoms with Crippen LogP contribution >= 0.6 is 0 Å². The predicted octanol–water partition coefficient (Wildman–Crippen LogP) is 2.79. The number of aliphatic hydroxyl groups is 1. The highest BCUT2D eigenvalue weighted by molar-refractivity contribution is 5.20. The summed E-state index contributed by atoms with van der Waals surface area (Å²) in [6.45, 7) is 6.90. The molecule has 21 heavy (non-hydrogen) atoms. The van der Waals surface area contributed by atoms with E-state index in [0.717, 1.165) is 39.0 Å². The smallest absolute Gasteiger partial charge is 0.0753 e. The molecule has 1 saturated carbocycles. The van der Waals surface area contributed by atoms with Crippen molar-refractivity contribution in [1.29, 1.82) is 0 Å². The average Bonchev–Trinajstić information content (AvgIpc) is 2.47. The van der Waals surface area contributed by atoms with Crippen LogP contribution in [0.25, 0.3) is 0 Å². The van der Waals surface area contributed by atoms with Crippen LogP contribution in [0.1, 0.15) is 44.6 Å². The van der Waals surface area contributed by atoms with Gasteiger partial charge in [0, 0.05) is 19.1 Å². The van der Waals surface area contributed by atoms with Crippen LogP contribution in [0.2, 0.25) is 0 Å². The standard InChI is InChI=1S/C18H27NO2/c1-18(2)13-19(10-11-21-18)16-12-15(8-9-17(16)20)14-6-4-3-5-7-14/h3-7,15-17,20H,8-13H2,1-2H3. The summed E-state index contributed by atoms with van der Waals surface area (Å²) in [5.74, 6) is 0.575. The maximum Gasteiger partial charge on any atom is 0.0753 e. The first-order chi connectivity index (χ1) is 10.1. The maximum absolute atomic E-state index is 10.5. The summed E-state index contributed by atoms with van der Waals surface area (Å²) in [5, 5.41) is 10.5. The van der Waals surface area contributed by atoms with Crippen LogP contribution < -0.4 is 0 Å². The number of rotatable bonds is 2. The fourth-order valence-electron chi connectivity index (χ4n) is 3.89. The lowest BCUT2D eigenvalue weighted by Gasteiger charge is -2.46. The van der Waals surface area contributed by atoms with Gasteiger partial charge in [0.2, 0.25) is 0 Å². The molecule has 3 unspecified atom stereocenters. The fraction of sp³-hybridized carbons (Fsp3) is 0.667. The summed E-state index contributed by atoms with van der Waals surface area (Å²) in [5.41, 5.74) is 1.32. The Morgan fingerprint density at radius 2 is 1.95 bits per heavy atom. The van der Waals surface area contributed by atoms with Crippen molar-refractivity contribution in [3.63, 3.8) is 0 Å². The summed E-state index contributed by atoms with van der Waals surface area (Å²) in [6, 6.07) is 11.0. The largest absolute Gasteiger partial charge is 0.391 e. The Morgan fingerprint density at radius 3 is 2.67 bits per heavy atom. The fourth-order valence-corrected chi connectivity index (χ4v) is 3.89. The second-order valence-corrected chi connectivity index (χ2v) is 7.13. The van der Waals surface area contributed by atoms with E-state index in [4.69, 9.17) is 4.74 Å². The number of nitrogens with zero attached hydrogens (tertiary/aromatic N) is 1. The van der Waals surface area contributed by atoms with Crippen LogP contribution in [0.15, 0.2) is 30.3 Å². The Kier molecular flexibility index (Phi) is 4.34. The van der Waals surface area contributed by atoms with Gasteiger partial charge in [-0.2, -0.15) is 0 Å². The van der Waals surface area contributed by atoms with Gasteiger partial charge >= 0.3 is 0 Å². The molecule has 1 N–H and O–H groups in total. The Bertz CT molecular complexity index is 460. The summed E-state index contributed by atoms with van der Waals surface area (Å²) >= 11 is 0. The molecule has 1 aliphatic carbocycles. The second kappa shape index (κ2) is 6.07. The zero-order valence-corrected chi connectivity index (χ0v) is 13.2. The van der Waals surface area contributed by atoms with Crippen molar-refractivity contribution in [2.24, 2.45) is 0 Å². The molecule has 1 aromatic rings. The molecule has 1 aliphatic heterocycles. The maximum atomic E-state index is 10.5. The zero-order valence-electron chi connectivity index (χ0n) is 13.2. The Balaban J connectivity index is 1.72. The van der Waals surface area contributed by atoms with Crippen LogP contribution in [-0.2, 0) is 4.74 Å². The molecule has 3 rings (SSSR count).